The third-order valence-corrected chi connectivity index (χ3v) is 3.92. The molecule has 1 fully saturated rings. The minimum Gasteiger partial charge on any atom is -0.547 e. The zero-order valence-corrected chi connectivity index (χ0v) is 12.9. The minimum absolute atomic E-state index is 0.333. The van der Waals surface area contributed by atoms with Gasteiger partial charge in [0.1, 0.15) is 17.8 Å². The van der Waals surface area contributed by atoms with Crippen molar-refractivity contribution in [2.75, 3.05) is 0 Å². The number of carboxylic acids is 1. The maximum Gasteiger partial charge on any atom is 0.331 e. The number of carbonyl (C=O) groups excluding carboxylic acids is 2. The molecule has 0 amide bonds. The standard InChI is InChI=1S/C16H18O9/c17-9-3-1-8(5-10(9)18)2-4-13(20)25-12-7-16(24,15(22)23)6-11(19)14(12)21/h1-5,11-12,14,17-19,21,24H,6-7H2,(H,22,23)/p-1/b4-2+/t11-,12-,14-,16+/m1/s1. The summed E-state index contributed by atoms with van der Waals surface area (Å²) in [7, 11) is 0. The molecule has 1 aliphatic rings. The van der Waals surface area contributed by atoms with Gasteiger partial charge in [0.2, 0.25) is 0 Å². The summed E-state index contributed by atoms with van der Waals surface area (Å²) in [6.07, 6.45) is -3.70. The quantitative estimate of drug-likeness (QED) is 0.234. The number of rotatable bonds is 4. The van der Waals surface area contributed by atoms with Gasteiger partial charge in [0.15, 0.2) is 11.5 Å². The number of aromatic hydroxyl groups is 2. The van der Waals surface area contributed by atoms with Gasteiger partial charge in [0.05, 0.1) is 12.1 Å². The van der Waals surface area contributed by atoms with Crippen LogP contribution in [0.2, 0.25) is 0 Å². The molecule has 5 N–H and O–H groups in total. The molecule has 9 heteroatoms. The number of phenols is 2. The lowest BCUT2D eigenvalue weighted by molar-refractivity contribution is -0.331. The van der Waals surface area contributed by atoms with Gasteiger partial charge in [-0.15, -0.1) is 0 Å². The van der Waals surface area contributed by atoms with Crippen LogP contribution in [0.4, 0.5) is 0 Å². The van der Waals surface area contributed by atoms with Gasteiger partial charge in [-0.1, -0.05) is 6.07 Å². The molecule has 1 aromatic carbocycles. The van der Waals surface area contributed by atoms with Crippen LogP contribution in [-0.4, -0.2) is 61.4 Å². The van der Waals surface area contributed by atoms with Crippen molar-refractivity contribution < 1.29 is 45.0 Å². The molecular formula is C16H17O9-. The van der Waals surface area contributed by atoms with Crippen LogP contribution in [0.25, 0.3) is 6.08 Å². The molecule has 2 rings (SSSR count). The van der Waals surface area contributed by atoms with E-state index in [1.54, 1.807) is 0 Å². The van der Waals surface area contributed by atoms with E-state index >= 15 is 0 Å². The summed E-state index contributed by atoms with van der Waals surface area (Å²) in [6.45, 7) is 0. The van der Waals surface area contributed by atoms with Gasteiger partial charge in [-0.25, -0.2) is 4.79 Å². The number of aliphatic hydroxyl groups excluding tert-OH is 2. The number of hydrogen-bond acceptors (Lipinski definition) is 9. The van der Waals surface area contributed by atoms with E-state index in [1.165, 1.54) is 24.3 Å². The first-order valence-corrected chi connectivity index (χ1v) is 7.33. The van der Waals surface area contributed by atoms with Crippen molar-refractivity contribution >= 4 is 18.0 Å². The van der Waals surface area contributed by atoms with E-state index in [2.05, 4.69) is 0 Å². The average Bonchev–Trinajstić information content (AvgIpc) is 2.53. The van der Waals surface area contributed by atoms with Crippen LogP contribution >= 0.6 is 0 Å². The summed E-state index contributed by atoms with van der Waals surface area (Å²) in [6, 6.07) is 3.81. The molecule has 136 valence electrons. The third-order valence-electron chi connectivity index (χ3n) is 3.92. The van der Waals surface area contributed by atoms with E-state index in [0.29, 0.717) is 5.56 Å². The van der Waals surface area contributed by atoms with Crippen LogP contribution in [0, 0.1) is 0 Å². The van der Waals surface area contributed by atoms with Gasteiger partial charge in [-0.2, -0.15) is 0 Å². The Bertz CT molecular complexity index is 699. The fourth-order valence-corrected chi connectivity index (χ4v) is 2.53. The summed E-state index contributed by atoms with van der Waals surface area (Å²) in [4.78, 5) is 22.8. The fraction of sp³-hybridized carbons (Fsp3) is 0.375. The van der Waals surface area contributed by atoms with Gasteiger partial charge >= 0.3 is 5.97 Å². The average molecular weight is 353 g/mol. The van der Waals surface area contributed by atoms with Crippen molar-refractivity contribution in [3.05, 3.63) is 29.8 Å². The molecule has 0 spiro atoms. The number of carbonyl (C=O) groups is 2. The molecule has 1 aromatic rings. The Balaban J connectivity index is 2.06. The molecule has 0 radical (unpaired) electrons. The number of aliphatic carboxylic acids is 1. The van der Waals surface area contributed by atoms with Crippen LogP contribution in [0.15, 0.2) is 24.3 Å². The lowest BCUT2D eigenvalue weighted by atomic mass is 9.79. The van der Waals surface area contributed by atoms with Gasteiger partial charge < -0.3 is 40.2 Å². The minimum atomic E-state index is -2.42. The second kappa shape index (κ2) is 7.09. The van der Waals surface area contributed by atoms with Gasteiger partial charge in [-0.05, 0) is 23.8 Å². The van der Waals surface area contributed by atoms with Crippen LogP contribution in [-0.2, 0) is 14.3 Å². The second-order valence-corrected chi connectivity index (χ2v) is 5.84. The van der Waals surface area contributed by atoms with Gasteiger partial charge in [-0.3, -0.25) is 0 Å². The first-order chi connectivity index (χ1) is 11.6. The Morgan fingerprint density at radius 1 is 1.20 bits per heavy atom. The summed E-state index contributed by atoms with van der Waals surface area (Å²) in [5.74, 6) is -3.53. The molecule has 1 saturated carbocycles. The molecule has 4 atom stereocenters. The number of phenolic OH excluding ortho intramolecular Hbond substituents is 2. The first-order valence-electron chi connectivity index (χ1n) is 7.33. The van der Waals surface area contributed by atoms with Crippen molar-refractivity contribution in [3.63, 3.8) is 0 Å². The molecule has 0 aliphatic heterocycles. The highest BCUT2D eigenvalue weighted by Crippen LogP contribution is 2.31. The van der Waals surface area contributed by atoms with E-state index < -0.39 is 48.7 Å². The number of carboxylic acid groups (broad SMARTS) is 1. The summed E-state index contributed by atoms with van der Waals surface area (Å²) < 4.78 is 4.90. The lowest BCUT2D eigenvalue weighted by Gasteiger charge is -2.41. The van der Waals surface area contributed by atoms with E-state index in [4.69, 9.17) is 4.74 Å². The van der Waals surface area contributed by atoms with E-state index in [-0.39, 0.29) is 11.5 Å². The second-order valence-electron chi connectivity index (χ2n) is 5.84. The summed E-state index contributed by atoms with van der Waals surface area (Å²) in [5.41, 5.74) is -2.06. The molecular weight excluding hydrogens is 336 g/mol. The number of hydrogen-bond donors (Lipinski definition) is 5. The fourth-order valence-electron chi connectivity index (χ4n) is 2.53. The highest BCUT2D eigenvalue weighted by atomic mass is 16.6. The van der Waals surface area contributed by atoms with Gasteiger partial charge in [0, 0.05) is 18.9 Å². The zero-order valence-electron chi connectivity index (χ0n) is 12.9. The third kappa shape index (κ3) is 4.27. The SMILES string of the molecule is O=C(/C=C/c1ccc(O)c(O)c1)O[C@@H]1C[C@](O)(C(=O)[O-])C[C@@H](O)[C@H]1O. The number of aliphatic hydroxyl groups is 3. The number of esters is 1. The lowest BCUT2D eigenvalue weighted by Crippen LogP contribution is -2.60. The predicted octanol–water partition coefficient (Wildman–Crippen LogP) is -1.98. The summed E-state index contributed by atoms with van der Waals surface area (Å²) in [5, 5.41) is 58.9. The van der Waals surface area contributed by atoms with Crippen molar-refractivity contribution in [2.24, 2.45) is 0 Å². The van der Waals surface area contributed by atoms with Crippen molar-refractivity contribution in [2.45, 2.75) is 36.8 Å². The maximum atomic E-state index is 11.8. The molecule has 0 bridgehead atoms. The highest BCUT2D eigenvalue weighted by Gasteiger charge is 2.46. The smallest absolute Gasteiger partial charge is 0.331 e. The predicted molar refractivity (Wildman–Crippen MR) is 79.9 cm³/mol. The Morgan fingerprint density at radius 2 is 1.88 bits per heavy atom. The summed E-state index contributed by atoms with van der Waals surface area (Å²) >= 11 is 0. The Kier molecular flexibility index (Phi) is 5.31. The topological polar surface area (TPSA) is 168 Å². The van der Waals surface area contributed by atoms with E-state index in [9.17, 15) is 40.2 Å². The van der Waals surface area contributed by atoms with Crippen LogP contribution in [0.1, 0.15) is 18.4 Å². The molecule has 9 nitrogen and oxygen atoms in total. The molecule has 1 aliphatic carbocycles. The monoisotopic (exact) mass is 353 g/mol. The first kappa shape index (κ1) is 18.7. The van der Waals surface area contributed by atoms with E-state index in [0.717, 1.165) is 6.08 Å². The Labute approximate surface area is 142 Å². The van der Waals surface area contributed by atoms with Crippen LogP contribution in [0.5, 0.6) is 11.5 Å². The van der Waals surface area contributed by atoms with Crippen molar-refractivity contribution in [1.82, 2.24) is 0 Å². The molecule has 25 heavy (non-hydrogen) atoms. The van der Waals surface area contributed by atoms with Crippen molar-refractivity contribution in [1.29, 1.82) is 0 Å². The number of benzene rings is 1. The van der Waals surface area contributed by atoms with E-state index in [1.807, 2.05) is 0 Å². The Morgan fingerprint density at radius 3 is 2.48 bits per heavy atom. The number of ether oxygens (including phenoxy) is 1. The molecule has 0 heterocycles. The Hall–Kier alpha value is -2.62. The normalized spacial score (nSPS) is 29.5. The van der Waals surface area contributed by atoms with Crippen molar-refractivity contribution in [3.8, 4) is 11.5 Å². The molecule has 0 unspecified atom stereocenters. The highest BCUT2D eigenvalue weighted by molar-refractivity contribution is 5.87. The van der Waals surface area contributed by atoms with Gasteiger partial charge in [0.25, 0.3) is 0 Å². The largest absolute Gasteiger partial charge is 0.547 e. The van der Waals surface area contributed by atoms with Crippen LogP contribution < -0.4 is 5.11 Å². The molecule has 0 saturated heterocycles. The zero-order chi connectivity index (χ0) is 18.8. The maximum absolute atomic E-state index is 11.8. The van der Waals surface area contributed by atoms with Crippen LogP contribution in [0.3, 0.4) is 0 Å². The molecule has 0 aromatic heterocycles.